The summed E-state index contributed by atoms with van der Waals surface area (Å²) in [6, 6.07) is 10.8. The minimum atomic E-state index is -2.05. The van der Waals surface area contributed by atoms with Gasteiger partial charge in [-0.2, -0.15) is 0 Å². The molecule has 0 atom stereocenters. The quantitative estimate of drug-likeness (QED) is 0.546. The first-order valence-corrected chi connectivity index (χ1v) is 12.2. The van der Waals surface area contributed by atoms with Gasteiger partial charge in [-0.3, -0.25) is 0 Å². The number of benzene rings is 1. The Labute approximate surface area is 162 Å². The molecular formula is C18H31Cl2NSiTi. The molecule has 0 aliphatic heterocycles. The van der Waals surface area contributed by atoms with Crippen molar-refractivity contribution in [1.82, 2.24) is 3.80 Å². The molecule has 0 unspecified atom stereocenters. The molecule has 23 heavy (non-hydrogen) atoms. The zero-order valence-electron chi connectivity index (χ0n) is 14.2. The second-order valence-electron chi connectivity index (χ2n) is 7.32. The number of halogens is 2. The Kier molecular flexibility index (Phi) is 11.3. The number of rotatable bonds is 4. The minimum absolute atomic E-state index is 0. The molecule has 1 aromatic carbocycles. The van der Waals surface area contributed by atoms with E-state index in [1.54, 1.807) is 3.88 Å². The van der Waals surface area contributed by atoms with Crippen molar-refractivity contribution in [3.05, 3.63) is 57.5 Å². The van der Waals surface area contributed by atoms with Gasteiger partial charge in [0.05, 0.1) is 0 Å². The Morgan fingerprint density at radius 2 is 1.61 bits per heavy atom. The van der Waals surface area contributed by atoms with Gasteiger partial charge in [0.2, 0.25) is 0 Å². The summed E-state index contributed by atoms with van der Waals surface area (Å²) >= 11 is -2.05. The van der Waals surface area contributed by atoms with E-state index in [9.17, 15) is 0 Å². The molecule has 0 bridgehead atoms. The van der Waals surface area contributed by atoms with E-state index in [1.807, 2.05) is 0 Å². The second-order valence-corrected chi connectivity index (χ2v) is 13.8. The van der Waals surface area contributed by atoms with Crippen LogP contribution >= 0.6 is 0 Å². The molecule has 130 valence electrons. The van der Waals surface area contributed by atoms with Crippen molar-refractivity contribution in [1.29, 1.82) is 0 Å². The third kappa shape index (κ3) is 8.20. The Bertz CT molecular complexity index is 534. The van der Waals surface area contributed by atoms with Crippen molar-refractivity contribution >= 4 is 11.0 Å². The van der Waals surface area contributed by atoms with Crippen LogP contribution in [0, 0.1) is 0 Å². The summed E-state index contributed by atoms with van der Waals surface area (Å²) in [6.07, 6.45) is 7.10. The van der Waals surface area contributed by atoms with Gasteiger partial charge in [-0.15, -0.1) is 0 Å². The largest absolute Gasteiger partial charge is 1.00 e. The van der Waals surface area contributed by atoms with Crippen LogP contribution in [-0.4, -0.2) is 16.5 Å². The summed E-state index contributed by atoms with van der Waals surface area (Å²) in [4.78, 5) is 0. The van der Waals surface area contributed by atoms with Crippen LogP contribution in [0.3, 0.4) is 0 Å². The fraction of sp³-hybridized carbons (Fsp3) is 0.444. The SMILES string of the molecule is CC(C)(C)[NH][Ti+2]([CH3])([CH3])[C]1=CC(Cc2ccccc2)=CC1.[Cl-].[Cl-].[SiH4]. The Hall–Kier alpha value is 0.171. The van der Waals surface area contributed by atoms with E-state index < -0.39 is 16.8 Å². The fourth-order valence-corrected chi connectivity index (χ4v) is 7.98. The Balaban J connectivity index is 0. The molecule has 1 aromatic rings. The predicted molar refractivity (Wildman–Crippen MR) is 96.9 cm³/mol. The van der Waals surface area contributed by atoms with Gasteiger partial charge in [-0.05, 0) is 11.0 Å². The average Bonchev–Trinajstić information content (AvgIpc) is 2.76. The van der Waals surface area contributed by atoms with Crippen molar-refractivity contribution < 1.29 is 41.7 Å². The zero-order chi connectivity index (χ0) is 14.8. The van der Waals surface area contributed by atoms with E-state index in [0.29, 0.717) is 0 Å². The maximum Gasteiger partial charge on any atom is -0.0149 e. The maximum atomic E-state index is 3.91. The summed E-state index contributed by atoms with van der Waals surface area (Å²) in [7, 11) is 0. The molecule has 0 amide bonds. The number of hydrogen-bond donors (Lipinski definition) is 1. The number of hydrogen-bond acceptors (Lipinski definition) is 1. The van der Waals surface area contributed by atoms with Crippen LogP contribution in [0.2, 0.25) is 10.5 Å². The topological polar surface area (TPSA) is 12.0 Å². The van der Waals surface area contributed by atoms with Crippen LogP contribution in [0.25, 0.3) is 0 Å². The van der Waals surface area contributed by atoms with Crippen molar-refractivity contribution in [3.8, 4) is 0 Å². The summed E-state index contributed by atoms with van der Waals surface area (Å²) in [6.45, 7) is 6.81. The molecule has 0 saturated heterocycles. The molecule has 0 heterocycles. The molecule has 0 fully saturated rings. The number of allylic oxidation sites excluding steroid dienone is 4. The van der Waals surface area contributed by atoms with Crippen molar-refractivity contribution in [2.75, 3.05) is 0 Å². The molecule has 1 N–H and O–H groups in total. The molecule has 1 aliphatic rings. The fourth-order valence-electron chi connectivity index (χ4n) is 2.99. The molecule has 1 nitrogen and oxygen atoms in total. The summed E-state index contributed by atoms with van der Waals surface area (Å²) < 4.78 is 5.58. The van der Waals surface area contributed by atoms with Gasteiger partial charge in [-0.1, -0.05) is 0 Å². The molecule has 0 aromatic heterocycles. The zero-order valence-corrected chi connectivity index (χ0v) is 17.3. The number of nitrogens with one attached hydrogen (secondary N) is 1. The molecule has 0 saturated carbocycles. The van der Waals surface area contributed by atoms with E-state index >= 15 is 0 Å². The Morgan fingerprint density at radius 3 is 2.13 bits per heavy atom. The van der Waals surface area contributed by atoms with Crippen LogP contribution in [0.5, 0.6) is 0 Å². The minimum Gasteiger partial charge on any atom is -1.00 e. The van der Waals surface area contributed by atoms with E-state index in [4.69, 9.17) is 0 Å². The third-order valence-corrected chi connectivity index (χ3v) is 8.88. The van der Waals surface area contributed by atoms with Crippen LogP contribution in [0.15, 0.2) is 51.9 Å². The Morgan fingerprint density at radius 1 is 1.04 bits per heavy atom. The van der Waals surface area contributed by atoms with Crippen molar-refractivity contribution in [3.63, 3.8) is 0 Å². The molecule has 0 radical (unpaired) electrons. The molecule has 0 spiro atoms. The maximum absolute atomic E-state index is 3.91. The van der Waals surface area contributed by atoms with Gasteiger partial charge < -0.3 is 24.8 Å². The smallest absolute Gasteiger partial charge is 0.0149 e. The van der Waals surface area contributed by atoms with E-state index in [0.717, 1.165) is 12.8 Å². The van der Waals surface area contributed by atoms with Gasteiger partial charge in [0.1, 0.15) is 0 Å². The standard InChI is InChI=1S/C12H11.C4H10N.2CH3.2ClH.H4Si.Ti/c1-2-6-11(7-3-1)10-12-8-4-5-9-12;1-4(2,3)5;;;;;;/h1-3,6-9H,4,10H2;5H,1-3H3;2*1H3;2*1H;1H4;/q;-1;;;;;;+3/p-2. The van der Waals surface area contributed by atoms with Crippen molar-refractivity contribution in [2.45, 2.75) is 49.6 Å². The van der Waals surface area contributed by atoms with E-state index in [1.165, 1.54) is 11.1 Å². The first-order valence-electron chi connectivity index (χ1n) is 7.50. The van der Waals surface area contributed by atoms with Gasteiger partial charge in [-0.25, -0.2) is 0 Å². The first kappa shape index (κ1) is 25.4. The molecule has 2 rings (SSSR count). The predicted octanol–water partition coefficient (Wildman–Crippen LogP) is -2.45. The van der Waals surface area contributed by atoms with Crippen LogP contribution in [0.4, 0.5) is 0 Å². The van der Waals surface area contributed by atoms with Crippen LogP contribution < -0.4 is 28.6 Å². The first-order chi connectivity index (χ1) is 9.26. The molecule has 5 heteroatoms. The van der Waals surface area contributed by atoms with Crippen LogP contribution in [0.1, 0.15) is 32.8 Å². The van der Waals surface area contributed by atoms with E-state index in [2.05, 4.69) is 77.5 Å². The van der Waals surface area contributed by atoms with Gasteiger partial charge in [0.15, 0.2) is 0 Å². The van der Waals surface area contributed by atoms with Gasteiger partial charge >= 0.3 is 128 Å². The third-order valence-electron chi connectivity index (χ3n) is 3.69. The normalized spacial score (nSPS) is 13.3. The van der Waals surface area contributed by atoms with Gasteiger partial charge in [0.25, 0.3) is 0 Å². The second kappa shape index (κ2) is 10.2. The average molecular weight is 408 g/mol. The van der Waals surface area contributed by atoms with Gasteiger partial charge in [0, 0.05) is 0 Å². The monoisotopic (exact) mass is 407 g/mol. The summed E-state index contributed by atoms with van der Waals surface area (Å²) in [5.74, 6) is 0. The molecule has 1 aliphatic carbocycles. The van der Waals surface area contributed by atoms with Crippen LogP contribution in [-0.2, 0) is 23.3 Å². The van der Waals surface area contributed by atoms with E-state index in [-0.39, 0.29) is 41.3 Å². The molecular weight excluding hydrogens is 377 g/mol. The van der Waals surface area contributed by atoms with Crippen molar-refractivity contribution in [2.24, 2.45) is 0 Å². The summed E-state index contributed by atoms with van der Waals surface area (Å²) in [5.41, 5.74) is 3.11. The summed E-state index contributed by atoms with van der Waals surface area (Å²) in [5, 5.41) is 4.94.